The Bertz CT molecular complexity index is 753. The molecule has 0 saturated carbocycles. The molecule has 1 aromatic rings. The first-order valence-electron chi connectivity index (χ1n) is 9.77. The highest BCUT2D eigenvalue weighted by Crippen LogP contribution is 2.28. The van der Waals surface area contributed by atoms with Crippen LogP contribution in [0.1, 0.15) is 32.1 Å². The van der Waals surface area contributed by atoms with E-state index in [0.29, 0.717) is 18.8 Å². The van der Waals surface area contributed by atoms with E-state index in [4.69, 9.17) is 0 Å². The van der Waals surface area contributed by atoms with Crippen molar-refractivity contribution in [3.63, 3.8) is 0 Å². The molecular formula is C21H25N3O3. The first kappa shape index (κ1) is 17.8. The van der Waals surface area contributed by atoms with Crippen LogP contribution in [0.4, 0.5) is 10.5 Å². The Hall–Kier alpha value is -2.63. The van der Waals surface area contributed by atoms with E-state index in [2.05, 4.69) is 12.2 Å². The van der Waals surface area contributed by atoms with Crippen molar-refractivity contribution in [1.29, 1.82) is 0 Å². The molecule has 2 heterocycles. The third-order valence-corrected chi connectivity index (χ3v) is 5.84. The summed E-state index contributed by atoms with van der Waals surface area (Å²) in [5, 5.41) is 0. The summed E-state index contributed by atoms with van der Waals surface area (Å²) in [5.41, 5.74) is 0.618. The molecule has 2 fully saturated rings. The summed E-state index contributed by atoms with van der Waals surface area (Å²) in [7, 11) is 0. The summed E-state index contributed by atoms with van der Waals surface area (Å²) in [6.45, 7) is 1.44. The number of imide groups is 1. The lowest BCUT2D eigenvalue weighted by Gasteiger charge is -2.37. The van der Waals surface area contributed by atoms with Crippen LogP contribution in [-0.2, 0) is 9.59 Å². The summed E-state index contributed by atoms with van der Waals surface area (Å²) in [4.78, 5) is 42.8. The SMILES string of the molecule is O=C(C1CC=CCC1)N1CCC(N2CC(=O)N(c3ccccc3)C2=O)CC1. The number of anilines is 1. The average Bonchev–Trinajstić information content (AvgIpc) is 3.03. The minimum Gasteiger partial charge on any atom is -0.342 e. The number of nitrogens with zero attached hydrogens (tertiary/aromatic N) is 3. The van der Waals surface area contributed by atoms with Gasteiger partial charge in [0.05, 0.1) is 5.69 Å². The number of benzene rings is 1. The van der Waals surface area contributed by atoms with Crippen LogP contribution in [0.25, 0.3) is 0 Å². The fourth-order valence-corrected chi connectivity index (χ4v) is 4.31. The number of rotatable bonds is 3. The van der Waals surface area contributed by atoms with Gasteiger partial charge in [-0.15, -0.1) is 0 Å². The molecule has 6 nitrogen and oxygen atoms in total. The standard InChI is InChI=1S/C21H25N3O3/c25-19-15-23(21(27)24(19)18-9-5-2-6-10-18)17-11-13-22(14-12-17)20(26)16-7-3-1-4-8-16/h1-3,5-6,9-10,16-17H,4,7-8,11-15H2. The number of carbonyl (C=O) groups is 3. The highest BCUT2D eigenvalue weighted by atomic mass is 16.2. The number of hydrogen-bond acceptors (Lipinski definition) is 3. The lowest BCUT2D eigenvalue weighted by molar-refractivity contribution is -0.137. The maximum atomic E-state index is 12.8. The predicted octanol–water partition coefficient (Wildman–Crippen LogP) is 2.80. The van der Waals surface area contributed by atoms with E-state index >= 15 is 0 Å². The van der Waals surface area contributed by atoms with Crippen molar-refractivity contribution < 1.29 is 14.4 Å². The van der Waals surface area contributed by atoms with Crippen molar-refractivity contribution in [3.8, 4) is 0 Å². The highest BCUT2D eigenvalue weighted by Gasteiger charge is 2.42. The zero-order chi connectivity index (χ0) is 18.8. The van der Waals surface area contributed by atoms with Crippen molar-refractivity contribution in [2.24, 2.45) is 5.92 Å². The van der Waals surface area contributed by atoms with E-state index in [-0.39, 0.29) is 36.3 Å². The average molecular weight is 367 g/mol. The molecule has 0 bridgehead atoms. The smallest absolute Gasteiger partial charge is 0.332 e. The Balaban J connectivity index is 1.37. The molecule has 4 rings (SSSR count). The number of allylic oxidation sites excluding steroid dienone is 2. The molecule has 0 N–H and O–H groups in total. The van der Waals surface area contributed by atoms with Crippen LogP contribution >= 0.6 is 0 Å². The minimum absolute atomic E-state index is 0.0189. The third kappa shape index (κ3) is 3.48. The first-order valence-corrected chi connectivity index (χ1v) is 9.77. The number of amides is 4. The Labute approximate surface area is 159 Å². The molecule has 2 saturated heterocycles. The summed E-state index contributed by atoms with van der Waals surface area (Å²) in [6, 6.07) is 8.84. The minimum atomic E-state index is -0.242. The number of hydrogen-bond donors (Lipinski definition) is 0. The highest BCUT2D eigenvalue weighted by molar-refractivity contribution is 6.19. The molecule has 0 aromatic heterocycles. The van der Waals surface area contributed by atoms with Gasteiger partial charge in [-0.3, -0.25) is 9.59 Å². The molecule has 1 aromatic carbocycles. The van der Waals surface area contributed by atoms with Gasteiger partial charge in [-0.25, -0.2) is 9.69 Å². The summed E-state index contributed by atoms with van der Waals surface area (Å²) < 4.78 is 0. The predicted molar refractivity (Wildman–Crippen MR) is 102 cm³/mol. The molecule has 142 valence electrons. The molecule has 1 aliphatic carbocycles. The van der Waals surface area contributed by atoms with Crippen LogP contribution in [0.2, 0.25) is 0 Å². The van der Waals surface area contributed by atoms with Crippen LogP contribution in [-0.4, -0.2) is 53.3 Å². The van der Waals surface area contributed by atoms with E-state index in [0.717, 1.165) is 32.1 Å². The van der Waals surface area contributed by atoms with E-state index in [1.54, 1.807) is 17.0 Å². The molecule has 4 amide bonds. The van der Waals surface area contributed by atoms with Crippen LogP contribution in [0.3, 0.4) is 0 Å². The second-order valence-corrected chi connectivity index (χ2v) is 7.51. The Morgan fingerprint density at radius 2 is 1.70 bits per heavy atom. The molecule has 3 aliphatic rings. The molecule has 2 aliphatic heterocycles. The molecule has 0 spiro atoms. The van der Waals surface area contributed by atoms with E-state index in [1.165, 1.54) is 4.90 Å². The molecule has 6 heteroatoms. The topological polar surface area (TPSA) is 60.9 Å². The lowest BCUT2D eigenvalue weighted by Crippen LogP contribution is -2.49. The fraction of sp³-hybridized carbons (Fsp3) is 0.476. The number of carbonyl (C=O) groups excluding carboxylic acids is 3. The fourth-order valence-electron chi connectivity index (χ4n) is 4.31. The number of para-hydroxylation sites is 1. The van der Waals surface area contributed by atoms with E-state index in [9.17, 15) is 14.4 Å². The van der Waals surface area contributed by atoms with Gasteiger partial charge in [0.25, 0.3) is 5.91 Å². The van der Waals surface area contributed by atoms with Crippen LogP contribution in [0.15, 0.2) is 42.5 Å². The van der Waals surface area contributed by atoms with Crippen molar-refractivity contribution in [2.75, 3.05) is 24.5 Å². The Kier molecular flexibility index (Phi) is 4.97. The van der Waals surface area contributed by atoms with E-state index in [1.807, 2.05) is 23.1 Å². The van der Waals surface area contributed by atoms with Crippen molar-refractivity contribution in [2.45, 2.75) is 38.1 Å². The van der Waals surface area contributed by atoms with Gasteiger partial charge in [-0.2, -0.15) is 0 Å². The number of likely N-dealkylation sites (tertiary alicyclic amines) is 1. The molecule has 0 radical (unpaired) electrons. The molecule has 1 unspecified atom stereocenters. The van der Waals surface area contributed by atoms with Gasteiger partial charge in [0.2, 0.25) is 5.91 Å². The largest absolute Gasteiger partial charge is 0.342 e. The quantitative estimate of drug-likeness (QED) is 0.610. The van der Waals surface area contributed by atoms with Gasteiger partial charge in [0.15, 0.2) is 0 Å². The van der Waals surface area contributed by atoms with E-state index < -0.39 is 0 Å². The van der Waals surface area contributed by atoms with Crippen LogP contribution < -0.4 is 4.90 Å². The van der Waals surface area contributed by atoms with Gasteiger partial charge >= 0.3 is 6.03 Å². The zero-order valence-electron chi connectivity index (χ0n) is 15.4. The van der Waals surface area contributed by atoms with Gasteiger partial charge < -0.3 is 9.80 Å². The zero-order valence-corrected chi connectivity index (χ0v) is 15.4. The van der Waals surface area contributed by atoms with Gasteiger partial charge in [0.1, 0.15) is 6.54 Å². The van der Waals surface area contributed by atoms with Crippen LogP contribution in [0, 0.1) is 5.92 Å². The number of urea groups is 1. The first-order chi connectivity index (χ1) is 13.1. The Morgan fingerprint density at radius 3 is 2.37 bits per heavy atom. The van der Waals surface area contributed by atoms with Crippen molar-refractivity contribution >= 4 is 23.5 Å². The maximum Gasteiger partial charge on any atom is 0.332 e. The number of piperidine rings is 1. The summed E-state index contributed by atoms with van der Waals surface area (Å²) in [5.74, 6) is 0.168. The van der Waals surface area contributed by atoms with Crippen LogP contribution in [0.5, 0.6) is 0 Å². The summed E-state index contributed by atoms with van der Waals surface area (Å²) >= 11 is 0. The lowest BCUT2D eigenvalue weighted by atomic mass is 9.92. The monoisotopic (exact) mass is 367 g/mol. The summed E-state index contributed by atoms with van der Waals surface area (Å²) in [6.07, 6.45) is 8.46. The maximum absolute atomic E-state index is 12.8. The van der Waals surface area contributed by atoms with Gasteiger partial charge in [-0.1, -0.05) is 30.4 Å². The molecule has 27 heavy (non-hydrogen) atoms. The second kappa shape index (κ2) is 7.55. The van der Waals surface area contributed by atoms with Gasteiger partial charge in [0, 0.05) is 25.0 Å². The van der Waals surface area contributed by atoms with Crippen molar-refractivity contribution in [1.82, 2.24) is 9.80 Å². The molecular weight excluding hydrogens is 342 g/mol. The third-order valence-electron chi connectivity index (χ3n) is 5.84. The van der Waals surface area contributed by atoms with Crippen molar-refractivity contribution in [3.05, 3.63) is 42.5 Å². The second-order valence-electron chi connectivity index (χ2n) is 7.51. The Morgan fingerprint density at radius 1 is 0.963 bits per heavy atom. The molecule has 1 atom stereocenters. The van der Waals surface area contributed by atoms with Gasteiger partial charge in [-0.05, 0) is 44.2 Å². The normalized spacial score (nSPS) is 24.0.